The maximum atomic E-state index is 10.2. The Labute approximate surface area is 143 Å². The van der Waals surface area contributed by atoms with Gasteiger partial charge in [0.15, 0.2) is 0 Å². The zero-order valence-corrected chi connectivity index (χ0v) is 14.1. The summed E-state index contributed by atoms with van der Waals surface area (Å²) in [6.45, 7) is 1.87. The van der Waals surface area contributed by atoms with Crippen molar-refractivity contribution in [1.29, 1.82) is 0 Å². The van der Waals surface area contributed by atoms with Crippen LogP contribution in [-0.4, -0.2) is 41.4 Å². The summed E-state index contributed by atoms with van der Waals surface area (Å²) in [6, 6.07) is 12.6. The lowest BCUT2D eigenvalue weighted by molar-refractivity contribution is -0.0879. The van der Waals surface area contributed by atoms with Gasteiger partial charge in [-0.2, -0.15) is 0 Å². The van der Waals surface area contributed by atoms with Gasteiger partial charge in [-0.25, -0.2) is 0 Å². The number of aliphatic hydroxyl groups is 1. The molecular weight excluding hydrogens is 302 g/mol. The molecule has 1 aromatic heterocycles. The third-order valence-corrected chi connectivity index (χ3v) is 5.85. The van der Waals surface area contributed by atoms with E-state index in [0.717, 1.165) is 50.1 Å². The molecule has 2 aliphatic rings. The van der Waals surface area contributed by atoms with Crippen molar-refractivity contribution >= 4 is 0 Å². The van der Waals surface area contributed by atoms with E-state index < -0.39 is 0 Å². The maximum Gasteiger partial charge on any atom is 0.134 e. The number of aliphatic hydroxyl groups excluding tert-OH is 1. The Kier molecular flexibility index (Phi) is 4.21. The number of furan rings is 1. The Bertz CT molecular complexity index is 684. The number of nitrogens with zero attached hydrogens (tertiary/aromatic N) is 1. The number of likely N-dealkylation sites (tertiary alicyclic amines) is 1. The lowest BCUT2D eigenvalue weighted by Crippen LogP contribution is -2.51. The molecule has 4 rings (SSSR count). The molecule has 0 unspecified atom stereocenters. The first kappa shape index (κ1) is 15.9. The van der Waals surface area contributed by atoms with Crippen LogP contribution in [0.25, 0.3) is 11.3 Å². The summed E-state index contributed by atoms with van der Waals surface area (Å²) >= 11 is 0. The van der Waals surface area contributed by atoms with Gasteiger partial charge in [-0.05, 0) is 43.4 Å². The van der Waals surface area contributed by atoms with Crippen LogP contribution in [0.4, 0.5) is 0 Å². The molecule has 1 aromatic carbocycles. The van der Waals surface area contributed by atoms with E-state index in [4.69, 9.17) is 9.15 Å². The number of hydrogen-bond acceptors (Lipinski definition) is 4. The summed E-state index contributed by atoms with van der Waals surface area (Å²) < 4.78 is 11.6. The second kappa shape index (κ2) is 6.36. The molecule has 2 aromatic rings. The quantitative estimate of drug-likeness (QED) is 0.934. The number of hydrogen-bond donors (Lipinski definition) is 1. The van der Waals surface area contributed by atoms with Crippen molar-refractivity contribution < 1.29 is 14.3 Å². The fourth-order valence-electron chi connectivity index (χ4n) is 4.51. The summed E-state index contributed by atoms with van der Waals surface area (Å²) in [5, 5.41) is 10.2. The molecule has 2 fully saturated rings. The van der Waals surface area contributed by atoms with Gasteiger partial charge in [0.1, 0.15) is 5.76 Å². The second-order valence-corrected chi connectivity index (χ2v) is 7.07. The van der Waals surface area contributed by atoms with Gasteiger partial charge in [-0.1, -0.05) is 24.3 Å². The van der Waals surface area contributed by atoms with E-state index >= 15 is 0 Å². The first-order chi connectivity index (χ1) is 11.7. The van der Waals surface area contributed by atoms with Gasteiger partial charge in [-0.3, -0.25) is 4.90 Å². The molecule has 1 saturated carbocycles. The molecule has 1 aliphatic heterocycles. The fraction of sp³-hybridized carbons (Fsp3) is 0.500. The van der Waals surface area contributed by atoms with E-state index in [1.165, 1.54) is 5.56 Å². The van der Waals surface area contributed by atoms with Gasteiger partial charge in [0.05, 0.1) is 18.0 Å². The van der Waals surface area contributed by atoms with Gasteiger partial charge in [0.25, 0.3) is 0 Å². The van der Waals surface area contributed by atoms with Crippen molar-refractivity contribution in [2.45, 2.75) is 50.0 Å². The highest BCUT2D eigenvalue weighted by atomic mass is 16.5. The minimum absolute atomic E-state index is 0.0845. The second-order valence-electron chi connectivity index (χ2n) is 7.07. The van der Waals surface area contributed by atoms with Crippen LogP contribution in [0.3, 0.4) is 0 Å². The van der Waals surface area contributed by atoms with E-state index in [1.54, 1.807) is 6.26 Å². The van der Waals surface area contributed by atoms with Crippen LogP contribution in [0.2, 0.25) is 0 Å². The molecule has 128 valence electrons. The molecule has 1 aliphatic carbocycles. The van der Waals surface area contributed by atoms with Crippen molar-refractivity contribution in [2.75, 3.05) is 13.7 Å². The Balaban J connectivity index is 1.60. The molecule has 1 saturated heterocycles. The van der Waals surface area contributed by atoms with Crippen LogP contribution in [-0.2, 0) is 11.3 Å². The smallest absolute Gasteiger partial charge is 0.134 e. The van der Waals surface area contributed by atoms with Crippen molar-refractivity contribution in [3.8, 4) is 11.3 Å². The highest BCUT2D eigenvalue weighted by Crippen LogP contribution is 2.43. The third-order valence-electron chi connectivity index (χ3n) is 5.85. The Morgan fingerprint density at radius 2 is 2.12 bits per heavy atom. The monoisotopic (exact) mass is 327 g/mol. The predicted molar refractivity (Wildman–Crippen MR) is 92.6 cm³/mol. The normalized spacial score (nSPS) is 30.4. The Hall–Kier alpha value is -1.62. The van der Waals surface area contributed by atoms with E-state index in [9.17, 15) is 5.11 Å². The van der Waals surface area contributed by atoms with E-state index in [1.807, 2.05) is 19.2 Å². The highest BCUT2D eigenvalue weighted by molar-refractivity contribution is 5.61. The summed E-state index contributed by atoms with van der Waals surface area (Å²) in [5.41, 5.74) is 2.33. The largest absolute Gasteiger partial charge is 0.464 e. The van der Waals surface area contributed by atoms with Gasteiger partial charge >= 0.3 is 0 Å². The van der Waals surface area contributed by atoms with Crippen LogP contribution in [0, 0.1) is 0 Å². The standard InChI is InChI=1S/C20H25NO3/c1-23-20-9-8-16(22)13-19(20)21(11-10-20)14-15-5-2-3-6-17(15)18-7-4-12-24-18/h2-7,12,16,19,22H,8-11,13-14H2,1H3/t16-,19+,20-/m1/s1. The van der Waals surface area contributed by atoms with E-state index in [0.29, 0.717) is 0 Å². The molecule has 2 heterocycles. The van der Waals surface area contributed by atoms with Gasteiger partial charge in [-0.15, -0.1) is 0 Å². The van der Waals surface area contributed by atoms with E-state index in [-0.39, 0.29) is 17.7 Å². The van der Waals surface area contributed by atoms with Gasteiger partial charge < -0.3 is 14.3 Å². The maximum absolute atomic E-state index is 10.2. The predicted octanol–water partition coefficient (Wildman–Crippen LogP) is 3.45. The molecule has 4 nitrogen and oxygen atoms in total. The molecule has 0 spiro atoms. The van der Waals surface area contributed by atoms with E-state index in [2.05, 4.69) is 29.2 Å². The van der Waals surface area contributed by atoms with Crippen LogP contribution in [0.15, 0.2) is 47.1 Å². The van der Waals surface area contributed by atoms with Crippen molar-refractivity contribution in [2.24, 2.45) is 0 Å². The van der Waals surface area contributed by atoms with Gasteiger partial charge in [0, 0.05) is 31.8 Å². The molecule has 1 N–H and O–H groups in total. The van der Waals surface area contributed by atoms with Crippen LogP contribution < -0.4 is 0 Å². The SMILES string of the molecule is CO[C@@]12CC[C@@H](O)C[C@@H]1N(Cc1ccccc1-c1ccco1)CC2. The fourth-order valence-corrected chi connectivity index (χ4v) is 4.51. The molecular formula is C20H25NO3. The molecule has 0 amide bonds. The average molecular weight is 327 g/mol. The topological polar surface area (TPSA) is 45.8 Å². The first-order valence-corrected chi connectivity index (χ1v) is 8.81. The minimum atomic E-state index is -0.209. The number of methoxy groups -OCH3 is 1. The van der Waals surface area contributed by atoms with Crippen LogP contribution in [0.5, 0.6) is 0 Å². The third kappa shape index (κ3) is 2.69. The summed E-state index contributed by atoms with van der Waals surface area (Å²) in [4.78, 5) is 2.48. The van der Waals surface area contributed by atoms with Crippen molar-refractivity contribution in [1.82, 2.24) is 4.90 Å². The summed E-state index contributed by atoms with van der Waals surface area (Å²) in [6.07, 6.45) is 5.15. The van der Waals surface area contributed by atoms with Crippen LogP contribution >= 0.6 is 0 Å². The number of fused-ring (bicyclic) bond motifs is 1. The minimum Gasteiger partial charge on any atom is -0.464 e. The van der Waals surface area contributed by atoms with Crippen molar-refractivity contribution in [3.63, 3.8) is 0 Å². The highest BCUT2D eigenvalue weighted by Gasteiger charge is 2.50. The Morgan fingerprint density at radius 1 is 1.25 bits per heavy atom. The lowest BCUT2D eigenvalue weighted by atomic mass is 9.79. The van der Waals surface area contributed by atoms with Crippen molar-refractivity contribution in [3.05, 3.63) is 48.2 Å². The molecule has 0 radical (unpaired) electrons. The Morgan fingerprint density at radius 3 is 2.92 bits per heavy atom. The lowest BCUT2D eigenvalue weighted by Gasteiger charge is -2.42. The summed E-state index contributed by atoms with van der Waals surface area (Å²) in [5.74, 6) is 0.909. The zero-order valence-electron chi connectivity index (χ0n) is 14.1. The van der Waals surface area contributed by atoms with Crippen LogP contribution in [0.1, 0.15) is 31.2 Å². The number of ether oxygens (including phenoxy) is 1. The number of rotatable bonds is 4. The molecule has 0 bridgehead atoms. The molecule has 4 heteroatoms. The molecule has 24 heavy (non-hydrogen) atoms. The zero-order chi connectivity index (χ0) is 16.6. The number of benzene rings is 1. The summed E-state index contributed by atoms with van der Waals surface area (Å²) in [7, 11) is 1.82. The first-order valence-electron chi connectivity index (χ1n) is 8.81. The van der Waals surface area contributed by atoms with Gasteiger partial charge in [0.2, 0.25) is 0 Å². The average Bonchev–Trinajstić information content (AvgIpc) is 3.25. The molecule has 3 atom stereocenters.